The van der Waals surface area contributed by atoms with Gasteiger partial charge >= 0.3 is 6.18 Å². The number of carbonyl (C=O) groups is 1. The van der Waals surface area contributed by atoms with Crippen molar-refractivity contribution >= 4 is 27.5 Å². The standard InChI is InChI=1S/C19H18F3N3O2S/c1-11-12(2)28-17-16(11)18(27)25(10-24-17)7-6-15(26)23-9-13-4-3-5-14(8-13)19(20,21)22/h3-5,8,10H,6-7,9H2,1-2H3,(H,23,26). The second kappa shape index (κ2) is 7.75. The van der Waals surface area contributed by atoms with Crippen LogP contribution in [0.3, 0.4) is 0 Å². The van der Waals surface area contributed by atoms with Gasteiger partial charge in [-0.25, -0.2) is 4.98 Å². The van der Waals surface area contributed by atoms with E-state index in [2.05, 4.69) is 10.3 Å². The van der Waals surface area contributed by atoms with Crippen molar-refractivity contribution in [3.63, 3.8) is 0 Å². The van der Waals surface area contributed by atoms with Gasteiger partial charge in [-0.2, -0.15) is 13.2 Å². The quantitative estimate of drug-likeness (QED) is 0.697. The first-order valence-electron chi connectivity index (χ1n) is 8.55. The maximum Gasteiger partial charge on any atom is 0.416 e. The number of hydrogen-bond acceptors (Lipinski definition) is 4. The summed E-state index contributed by atoms with van der Waals surface area (Å²) in [6, 6.07) is 4.80. The molecule has 5 nitrogen and oxygen atoms in total. The highest BCUT2D eigenvalue weighted by atomic mass is 32.1. The Hall–Kier alpha value is -2.68. The van der Waals surface area contributed by atoms with Crippen molar-refractivity contribution in [3.05, 3.63) is 62.5 Å². The Morgan fingerprint density at radius 1 is 1.29 bits per heavy atom. The van der Waals surface area contributed by atoms with Crippen LogP contribution in [-0.2, 0) is 24.1 Å². The van der Waals surface area contributed by atoms with Gasteiger partial charge in [0.25, 0.3) is 5.56 Å². The Morgan fingerprint density at radius 2 is 2.04 bits per heavy atom. The molecule has 0 saturated heterocycles. The van der Waals surface area contributed by atoms with Crippen LogP contribution in [0.4, 0.5) is 13.2 Å². The summed E-state index contributed by atoms with van der Waals surface area (Å²) < 4.78 is 39.6. The molecule has 2 heterocycles. The molecule has 0 aliphatic carbocycles. The highest BCUT2D eigenvalue weighted by Crippen LogP contribution is 2.29. The fourth-order valence-electron chi connectivity index (χ4n) is 2.80. The number of nitrogens with zero attached hydrogens (tertiary/aromatic N) is 2. The number of fused-ring (bicyclic) bond motifs is 1. The molecule has 0 atom stereocenters. The molecule has 2 aromatic heterocycles. The monoisotopic (exact) mass is 409 g/mol. The number of aryl methyl sites for hydroxylation is 3. The maximum absolute atomic E-state index is 12.7. The molecule has 148 valence electrons. The summed E-state index contributed by atoms with van der Waals surface area (Å²) in [5.74, 6) is -0.359. The molecule has 1 aromatic carbocycles. The molecule has 3 aromatic rings. The summed E-state index contributed by atoms with van der Waals surface area (Å²) in [7, 11) is 0. The predicted octanol–water partition coefficient (Wildman–Crippen LogP) is 3.80. The molecule has 0 spiro atoms. The molecule has 1 amide bonds. The lowest BCUT2D eigenvalue weighted by Crippen LogP contribution is -2.27. The van der Waals surface area contributed by atoms with E-state index < -0.39 is 11.7 Å². The number of alkyl halides is 3. The SMILES string of the molecule is Cc1sc2ncn(CCC(=O)NCc3cccc(C(F)(F)F)c3)c(=O)c2c1C. The summed E-state index contributed by atoms with van der Waals surface area (Å²) in [6.07, 6.45) is -2.99. The van der Waals surface area contributed by atoms with Crippen LogP contribution >= 0.6 is 11.3 Å². The van der Waals surface area contributed by atoms with Crippen LogP contribution in [0.2, 0.25) is 0 Å². The van der Waals surface area contributed by atoms with Gasteiger partial charge in [0.15, 0.2) is 0 Å². The smallest absolute Gasteiger partial charge is 0.352 e. The lowest BCUT2D eigenvalue weighted by atomic mass is 10.1. The van der Waals surface area contributed by atoms with Crippen molar-refractivity contribution in [2.75, 3.05) is 0 Å². The maximum atomic E-state index is 12.7. The second-order valence-corrected chi connectivity index (χ2v) is 7.63. The summed E-state index contributed by atoms with van der Waals surface area (Å²) >= 11 is 1.45. The van der Waals surface area contributed by atoms with Crippen molar-refractivity contribution in [1.82, 2.24) is 14.9 Å². The van der Waals surface area contributed by atoms with Crippen LogP contribution in [0.15, 0.2) is 35.4 Å². The zero-order chi connectivity index (χ0) is 20.5. The van der Waals surface area contributed by atoms with E-state index in [0.29, 0.717) is 15.8 Å². The molecule has 0 aliphatic heterocycles. The molecular weight excluding hydrogens is 391 g/mol. The van der Waals surface area contributed by atoms with Crippen molar-refractivity contribution in [2.45, 2.75) is 39.5 Å². The van der Waals surface area contributed by atoms with Crippen molar-refractivity contribution in [1.29, 1.82) is 0 Å². The first-order chi connectivity index (χ1) is 13.2. The Kier molecular flexibility index (Phi) is 5.55. The highest BCUT2D eigenvalue weighted by molar-refractivity contribution is 7.18. The molecule has 0 fully saturated rings. The third-order valence-corrected chi connectivity index (χ3v) is 5.59. The minimum atomic E-state index is -4.43. The lowest BCUT2D eigenvalue weighted by molar-refractivity contribution is -0.137. The number of thiophene rings is 1. The molecule has 28 heavy (non-hydrogen) atoms. The number of amides is 1. The first kappa shape index (κ1) is 20.1. The Bertz CT molecular complexity index is 1090. The van der Waals surface area contributed by atoms with Gasteiger partial charge in [0.2, 0.25) is 5.91 Å². The molecule has 0 aliphatic rings. The van der Waals surface area contributed by atoms with Crippen molar-refractivity contribution in [3.8, 4) is 0 Å². The van der Waals surface area contributed by atoms with Crippen LogP contribution in [-0.4, -0.2) is 15.5 Å². The highest BCUT2D eigenvalue weighted by Gasteiger charge is 2.30. The summed E-state index contributed by atoms with van der Waals surface area (Å²) in [4.78, 5) is 30.6. The van der Waals surface area contributed by atoms with Gasteiger partial charge in [-0.15, -0.1) is 11.3 Å². The normalized spacial score (nSPS) is 11.8. The van der Waals surface area contributed by atoms with Gasteiger partial charge < -0.3 is 5.32 Å². The molecule has 1 N–H and O–H groups in total. The molecule has 3 rings (SSSR count). The van der Waals surface area contributed by atoms with E-state index in [0.717, 1.165) is 22.6 Å². The Morgan fingerprint density at radius 3 is 2.75 bits per heavy atom. The number of rotatable bonds is 5. The van der Waals surface area contributed by atoms with Gasteiger partial charge in [0, 0.05) is 24.4 Å². The van der Waals surface area contributed by atoms with Crippen LogP contribution in [0.1, 0.15) is 28.0 Å². The molecule has 0 unspecified atom stereocenters. The molecule has 9 heteroatoms. The van der Waals surface area contributed by atoms with E-state index in [1.807, 2.05) is 13.8 Å². The number of carbonyl (C=O) groups excluding carboxylic acids is 1. The number of nitrogens with one attached hydrogen (secondary N) is 1. The average molecular weight is 409 g/mol. The molecule has 0 bridgehead atoms. The minimum absolute atomic E-state index is 0.0161. The summed E-state index contributed by atoms with van der Waals surface area (Å²) in [5.41, 5.74) is 0.290. The first-order valence-corrected chi connectivity index (χ1v) is 9.36. The number of halogens is 3. The zero-order valence-electron chi connectivity index (χ0n) is 15.3. The van der Waals surface area contributed by atoms with Crippen LogP contribution in [0, 0.1) is 13.8 Å². The Balaban J connectivity index is 1.62. The van der Waals surface area contributed by atoms with E-state index in [4.69, 9.17) is 0 Å². The van der Waals surface area contributed by atoms with Crippen molar-refractivity contribution in [2.24, 2.45) is 0 Å². The van der Waals surface area contributed by atoms with E-state index in [1.165, 1.54) is 34.4 Å². The topological polar surface area (TPSA) is 64.0 Å². The van der Waals surface area contributed by atoms with E-state index in [-0.39, 0.29) is 31.0 Å². The number of aromatic nitrogens is 2. The van der Waals surface area contributed by atoms with Crippen LogP contribution < -0.4 is 10.9 Å². The number of benzene rings is 1. The fourth-order valence-corrected chi connectivity index (χ4v) is 3.79. The van der Waals surface area contributed by atoms with Gasteiger partial charge in [-0.1, -0.05) is 12.1 Å². The minimum Gasteiger partial charge on any atom is -0.352 e. The second-order valence-electron chi connectivity index (χ2n) is 6.43. The molecular formula is C19H18F3N3O2S. The summed E-state index contributed by atoms with van der Waals surface area (Å²) in [6.45, 7) is 3.92. The Labute approximate surface area is 162 Å². The van der Waals surface area contributed by atoms with Gasteiger partial charge in [-0.3, -0.25) is 14.2 Å². The van der Waals surface area contributed by atoms with Gasteiger partial charge in [-0.05, 0) is 37.1 Å². The third kappa shape index (κ3) is 4.24. The lowest BCUT2D eigenvalue weighted by Gasteiger charge is -2.10. The number of hydrogen-bond donors (Lipinski definition) is 1. The summed E-state index contributed by atoms with van der Waals surface area (Å²) in [5, 5.41) is 3.14. The van der Waals surface area contributed by atoms with E-state index in [1.54, 1.807) is 0 Å². The van der Waals surface area contributed by atoms with Crippen LogP contribution in [0.5, 0.6) is 0 Å². The average Bonchev–Trinajstić information content (AvgIpc) is 2.94. The van der Waals surface area contributed by atoms with Crippen molar-refractivity contribution < 1.29 is 18.0 Å². The predicted molar refractivity (Wildman–Crippen MR) is 101 cm³/mol. The molecule has 0 radical (unpaired) electrons. The zero-order valence-corrected chi connectivity index (χ0v) is 16.1. The van der Waals surface area contributed by atoms with Crippen LogP contribution in [0.25, 0.3) is 10.2 Å². The van der Waals surface area contributed by atoms with Gasteiger partial charge in [0.05, 0.1) is 17.3 Å². The third-order valence-electron chi connectivity index (χ3n) is 4.48. The fraction of sp³-hybridized carbons (Fsp3) is 0.316. The van der Waals surface area contributed by atoms with Gasteiger partial charge in [0.1, 0.15) is 4.83 Å². The van der Waals surface area contributed by atoms with E-state index in [9.17, 15) is 22.8 Å². The largest absolute Gasteiger partial charge is 0.416 e. The van der Waals surface area contributed by atoms with E-state index >= 15 is 0 Å². The molecule has 0 saturated carbocycles.